The van der Waals surface area contributed by atoms with Crippen LogP contribution >= 0.6 is 24.8 Å². The second-order valence-electron chi connectivity index (χ2n) is 8.53. The van der Waals surface area contributed by atoms with Gasteiger partial charge >= 0.3 is 141 Å². The van der Waals surface area contributed by atoms with Crippen molar-refractivity contribution in [1.82, 2.24) is 0 Å². The average Bonchev–Trinajstić information content (AvgIpc) is 2.95. The van der Waals surface area contributed by atoms with Gasteiger partial charge in [0, 0.05) is 0 Å². The third-order valence-corrected chi connectivity index (χ3v) is 30.0. The molecule has 138 valence electrons. The van der Waals surface area contributed by atoms with Crippen LogP contribution in [0.25, 0.3) is 0 Å². The summed E-state index contributed by atoms with van der Waals surface area (Å²) in [5, 5.41) is 0. The molecule has 4 heteroatoms. The standard InChI is InChI=1S/2C9H13.2CH3.2ClH.Hf.H2Si/c2*1-3-4-9-6-5-8(2)7-9;;;;;;/h2*7H,3-5H2,1-2H3;2*1H3;2*1H;;1H2. The van der Waals surface area contributed by atoms with E-state index in [4.69, 9.17) is 0 Å². The van der Waals surface area contributed by atoms with Crippen molar-refractivity contribution in [2.75, 3.05) is 0 Å². The van der Waals surface area contributed by atoms with Crippen molar-refractivity contribution in [3.05, 3.63) is 41.1 Å². The quantitative estimate of drug-likeness (QED) is 0.312. The summed E-state index contributed by atoms with van der Waals surface area (Å²) >= 11 is -3.10. The zero-order valence-electron chi connectivity index (χ0n) is 16.4. The molecule has 0 saturated heterocycles. The van der Waals surface area contributed by atoms with Gasteiger partial charge in [0.25, 0.3) is 0 Å². The van der Waals surface area contributed by atoms with Gasteiger partial charge in [0.05, 0.1) is 0 Å². The van der Waals surface area contributed by atoms with Gasteiger partial charge in [0.1, 0.15) is 0 Å². The van der Waals surface area contributed by atoms with Gasteiger partial charge in [-0.1, -0.05) is 0 Å². The summed E-state index contributed by atoms with van der Waals surface area (Å²) < 4.78 is 9.23. The Bertz CT molecular complexity index is 620. The molecule has 0 aromatic carbocycles. The molecule has 2 aliphatic carbocycles. The maximum Gasteiger partial charge on any atom is -0.147 e. The summed E-state index contributed by atoms with van der Waals surface area (Å²) in [6, 6.07) is 0. The fourth-order valence-corrected chi connectivity index (χ4v) is 26.4. The fraction of sp³-hybridized carbons (Fsp3) is 0.600. The molecule has 0 saturated carbocycles. The smallest absolute Gasteiger partial charge is 0.147 e. The third kappa shape index (κ3) is 4.87. The third-order valence-electron chi connectivity index (χ3n) is 5.50. The number of hydrogen-bond donors (Lipinski definition) is 0. The molecule has 0 unspecified atom stereocenters. The average molecular weight is 554 g/mol. The predicted octanol–water partition coefficient (Wildman–Crippen LogP) is 6.97. The Kier molecular flexibility index (Phi) is 9.25. The van der Waals surface area contributed by atoms with Crippen molar-refractivity contribution in [2.24, 2.45) is 0 Å². The van der Waals surface area contributed by atoms with Crippen LogP contribution in [-0.2, 0) is 17.1 Å². The van der Waals surface area contributed by atoms with Crippen LogP contribution < -0.4 is 0 Å². The van der Waals surface area contributed by atoms with Crippen molar-refractivity contribution >= 4 is 31.8 Å². The van der Waals surface area contributed by atoms with Gasteiger partial charge in [0.2, 0.25) is 0 Å². The van der Waals surface area contributed by atoms with E-state index < -0.39 is 17.1 Å². The summed E-state index contributed by atoms with van der Waals surface area (Å²) in [5.74, 6) is 0. The monoisotopic (exact) mass is 554 g/mol. The topological polar surface area (TPSA) is 0 Å². The molecule has 0 heterocycles. The molecule has 0 aromatic rings. The van der Waals surface area contributed by atoms with E-state index in [9.17, 15) is 0 Å². The molecule has 2 aliphatic rings. The maximum absolute atomic E-state index is 3.10. The molecule has 0 atom stereocenters. The summed E-state index contributed by atoms with van der Waals surface area (Å²) in [6.07, 6.45) is 12.7. The SMILES string of the molecule is CCCC1=[C]([Hf]([CH3])([CH3])(=[SiH2])[C]2=C(CCC)C=C(C)C2)CC(C)=C1.Cl.Cl. The van der Waals surface area contributed by atoms with Gasteiger partial charge in [-0.2, -0.15) is 0 Å². The maximum atomic E-state index is 2.71. The zero-order valence-corrected chi connectivity index (χ0v) is 23.1. The van der Waals surface area contributed by atoms with Crippen molar-refractivity contribution in [2.45, 2.75) is 75.6 Å². The molecule has 0 spiro atoms. The minimum absolute atomic E-state index is 0. The van der Waals surface area contributed by atoms with Crippen molar-refractivity contribution in [3.63, 3.8) is 0 Å². The zero-order chi connectivity index (χ0) is 16.6. The van der Waals surface area contributed by atoms with Crippen molar-refractivity contribution in [3.8, 4) is 0 Å². The molecule has 24 heavy (non-hydrogen) atoms. The van der Waals surface area contributed by atoms with Crippen LogP contribution in [0.5, 0.6) is 0 Å². The minimum Gasteiger partial charge on any atom is -0.147 e. The summed E-state index contributed by atoms with van der Waals surface area (Å²) in [4.78, 5) is 0. The van der Waals surface area contributed by atoms with E-state index in [-0.39, 0.29) is 24.8 Å². The van der Waals surface area contributed by atoms with Crippen LogP contribution in [0.3, 0.4) is 0 Å². The number of halogens is 2. The Morgan fingerprint density at radius 3 is 1.46 bits per heavy atom. The van der Waals surface area contributed by atoms with E-state index in [1.165, 1.54) is 38.5 Å². The molecule has 0 bridgehead atoms. The second-order valence-corrected chi connectivity index (χ2v) is 49.5. The molecule has 0 aromatic heterocycles. The Morgan fingerprint density at radius 1 is 0.833 bits per heavy atom. The van der Waals surface area contributed by atoms with Crippen LogP contribution in [0.2, 0.25) is 9.36 Å². The van der Waals surface area contributed by atoms with Crippen LogP contribution in [0.1, 0.15) is 66.2 Å². The molecule has 0 N–H and O–H groups in total. The van der Waals surface area contributed by atoms with Crippen molar-refractivity contribution < 1.29 is 17.1 Å². The first-order chi connectivity index (χ1) is 10.2. The molecule has 0 radical (unpaired) electrons. The minimum atomic E-state index is -3.10. The first kappa shape index (κ1) is 24.6. The Labute approximate surface area is 164 Å². The van der Waals surface area contributed by atoms with E-state index >= 15 is 0 Å². The van der Waals surface area contributed by atoms with E-state index in [1.54, 1.807) is 22.3 Å². The molecule has 2 rings (SSSR count). The van der Waals surface area contributed by atoms with Crippen LogP contribution in [0, 0.1) is 0 Å². The van der Waals surface area contributed by atoms with Crippen molar-refractivity contribution in [1.29, 1.82) is 0 Å². The molecule has 0 nitrogen and oxygen atoms in total. The number of rotatable bonds is 6. The fourth-order valence-electron chi connectivity index (χ4n) is 4.42. The first-order valence-electron chi connectivity index (χ1n) is 9.04. The summed E-state index contributed by atoms with van der Waals surface area (Å²) in [7, 11) is 0. The molecule has 0 fully saturated rings. The van der Waals surface area contributed by atoms with Gasteiger partial charge in [0.15, 0.2) is 0 Å². The molecular formula is C20H36Cl2HfSi. The van der Waals surface area contributed by atoms with Gasteiger partial charge in [-0.15, -0.1) is 24.8 Å². The predicted molar refractivity (Wildman–Crippen MR) is 115 cm³/mol. The van der Waals surface area contributed by atoms with Gasteiger partial charge in [-0.05, 0) is 0 Å². The molecular weight excluding hydrogens is 518 g/mol. The Balaban J connectivity index is 0.00000264. The molecule has 0 amide bonds. The summed E-state index contributed by atoms with van der Waals surface area (Å²) in [5.41, 5.74) is 6.61. The largest absolute Gasteiger partial charge is 0.147 e. The van der Waals surface area contributed by atoms with E-state index in [1.807, 2.05) is 6.66 Å². The van der Waals surface area contributed by atoms with Crippen LogP contribution in [-0.4, -0.2) is 6.94 Å². The first-order valence-corrected chi connectivity index (χ1v) is 28.2. The van der Waals surface area contributed by atoms with Crippen LogP contribution in [0.4, 0.5) is 0 Å². The normalized spacial score (nSPS) is 18.3. The second kappa shape index (κ2) is 9.02. The van der Waals surface area contributed by atoms with Gasteiger partial charge in [-0.3, -0.25) is 0 Å². The molecule has 0 aliphatic heterocycles. The Hall–Kier alpha value is 0.627. The van der Waals surface area contributed by atoms with E-state index in [0.717, 1.165) is 0 Å². The number of allylic oxidation sites excluding steroid dienone is 8. The van der Waals surface area contributed by atoms with E-state index in [0.29, 0.717) is 0 Å². The summed E-state index contributed by atoms with van der Waals surface area (Å²) in [6.45, 7) is 11.7. The number of hydrogen-bond acceptors (Lipinski definition) is 0. The van der Waals surface area contributed by atoms with Gasteiger partial charge in [-0.25, -0.2) is 0 Å². The van der Waals surface area contributed by atoms with Crippen LogP contribution in [0.15, 0.2) is 41.1 Å². The van der Waals surface area contributed by atoms with Gasteiger partial charge < -0.3 is 0 Å². The van der Waals surface area contributed by atoms with E-state index in [2.05, 4.69) is 56.1 Å². The Morgan fingerprint density at radius 2 is 1.17 bits per heavy atom.